The SMILES string of the molecule is CC.CC.CC.CC1Cc2cccnc2C1. The lowest BCUT2D eigenvalue weighted by atomic mass is 10.1. The monoisotopic (exact) mass is 223 g/mol. The predicted octanol–water partition coefficient (Wildman–Crippen LogP) is 4.89. The van der Waals surface area contributed by atoms with E-state index >= 15 is 0 Å². The van der Waals surface area contributed by atoms with Gasteiger partial charge in [0.2, 0.25) is 0 Å². The molecule has 1 aliphatic carbocycles. The molecule has 1 aromatic rings. The molecule has 0 bridgehead atoms. The summed E-state index contributed by atoms with van der Waals surface area (Å²) in [6, 6.07) is 4.21. The van der Waals surface area contributed by atoms with Gasteiger partial charge in [0, 0.05) is 11.9 Å². The van der Waals surface area contributed by atoms with Gasteiger partial charge in [-0.2, -0.15) is 0 Å². The third-order valence-electron chi connectivity index (χ3n) is 2.09. The molecule has 0 saturated heterocycles. The van der Waals surface area contributed by atoms with Crippen LogP contribution in [0, 0.1) is 5.92 Å². The molecule has 1 aromatic heterocycles. The van der Waals surface area contributed by atoms with E-state index in [0.717, 1.165) is 5.92 Å². The summed E-state index contributed by atoms with van der Waals surface area (Å²) in [5, 5.41) is 0. The van der Waals surface area contributed by atoms with Gasteiger partial charge in [-0.3, -0.25) is 4.98 Å². The highest BCUT2D eigenvalue weighted by Gasteiger charge is 2.17. The third-order valence-corrected chi connectivity index (χ3v) is 2.09. The quantitative estimate of drug-likeness (QED) is 0.610. The van der Waals surface area contributed by atoms with Gasteiger partial charge in [0.25, 0.3) is 0 Å². The average Bonchev–Trinajstić information content (AvgIpc) is 2.76. The molecule has 0 saturated carbocycles. The molecule has 16 heavy (non-hydrogen) atoms. The Labute approximate surface area is 102 Å². The highest BCUT2D eigenvalue weighted by Crippen LogP contribution is 2.23. The highest BCUT2D eigenvalue weighted by molar-refractivity contribution is 5.25. The van der Waals surface area contributed by atoms with E-state index in [2.05, 4.69) is 18.0 Å². The van der Waals surface area contributed by atoms with E-state index in [-0.39, 0.29) is 0 Å². The van der Waals surface area contributed by atoms with Crippen LogP contribution >= 0.6 is 0 Å². The van der Waals surface area contributed by atoms with Crippen LogP contribution in [-0.2, 0) is 12.8 Å². The molecule has 1 nitrogen and oxygen atoms in total. The van der Waals surface area contributed by atoms with Crippen molar-refractivity contribution in [2.45, 2.75) is 61.3 Å². The summed E-state index contributed by atoms with van der Waals surface area (Å²) in [6.07, 6.45) is 4.29. The van der Waals surface area contributed by atoms with Crippen molar-refractivity contribution in [1.82, 2.24) is 4.98 Å². The zero-order chi connectivity index (χ0) is 13.0. The van der Waals surface area contributed by atoms with Gasteiger partial charge in [-0.05, 0) is 30.4 Å². The minimum absolute atomic E-state index is 0.810. The number of nitrogens with zero attached hydrogens (tertiary/aromatic N) is 1. The molecular formula is C15H29N. The van der Waals surface area contributed by atoms with Gasteiger partial charge < -0.3 is 0 Å². The topological polar surface area (TPSA) is 12.9 Å². The second-order valence-corrected chi connectivity index (χ2v) is 3.12. The minimum atomic E-state index is 0.810. The van der Waals surface area contributed by atoms with Crippen molar-refractivity contribution in [3.05, 3.63) is 29.6 Å². The maximum atomic E-state index is 4.31. The zero-order valence-corrected chi connectivity index (χ0v) is 12.2. The normalized spacial score (nSPS) is 15.3. The zero-order valence-electron chi connectivity index (χ0n) is 12.2. The van der Waals surface area contributed by atoms with Crippen LogP contribution in [0.3, 0.4) is 0 Å². The number of pyridine rings is 1. The molecule has 1 atom stereocenters. The first-order valence-corrected chi connectivity index (χ1v) is 6.79. The van der Waals surface area contributed by atoms with Crippen molar-refractivity contribution in [3.8, 4) is 0 Å². The Balaban J connectivity index is 0. The molecule has 1 aliphatic rings. The molecule has 1 heteroatoms. The lowest BCUT2D eigenvalue weighted by Crippen LogP contribution is -1.90. The molecule has 0 aromatic carbocycles. The Morgan fingerprint density at radius 2 is 1.56 bits per heavy atom. The molecule has 0 amide bonds. The first-order valence-electron chi connectivity index (χ1n) is 6.79. The lowest BCUT2D eigenvalue weighted by molar-refractivity contribution is 0.623. The number of aromatic nitrogens is 1. The smallest absolute Gasteiger partial charge is 0.0438 e. The summed E-state index contributed by atoms with van der Waals surface area (Å²) < 4.78 is 0. The maximum absolute atomic E-state index is 4.31. The summed E-state index contributed by atoms with van der Waals surface area (Å²) in [4.78, 5) is 4.31. The first kappa shape index (κ1) is 17.5. The van der Waals surface area contributed by atoms with E-state index in [1.54, 1.807) is 0 Å². The molecule has 2 rings (SSSR count). The summed E-state index contributed by atoms with van der Waals surface area (Å²) in [6.45, 7) is 14.3. The fraction of sp³-hybridized carbons (Fsp3) is 0.667. The Kier molecular flexibility index (Phi) is 13.4. The molecule has 0 fully saturated rings. The Hall–Kier alpha value is -0.850. The van der Waals surface area contributed by atoms with Gasteiger partial charge in [-0.1, -0.05) is 54.5 Å². The fourth-order valence-corrected chi connectivity index (χ4v) is 1.62. The molecule has 1 heterocycles. The molecule has 0 aliphatic heterocycles. The lowest BCUT2D eigenvalue weighted by Gasteiger charge is -1.92. The minimum Gasteiger partial charge on any atom is -0.261 e. The van der Waals surface area contributed by atoms with Crippen molar-refractivity contribution < 1.29 is 0 Å². The van der Waals surface area contributed by atoms with Crippen LogP contribution in [0.15, 0.2) is 18.3 Å². The standard InChI is InChI=1S/C9H11N.3C2H6/c1-7-5-8-3-2-4-10-9(8)6-7;3*1-2/h2-4,7H,5-6H2,1H3;3*1-2H3. The van der Waals surface area contributed by atoms with Crippen LogP contribution in [0.1, 0.15) is 59.7 Å². The first-order chi connectivity index (χ1) is 7.86. The summed E-state index contributed by atoms with van der Waals surface area (Å²) in [5.74, 6) is 0.810. The van der Waals surface area contributed by atoms with E-state index in [0.29, 0.717) is 0 Å². The van der Waals surface area contributed by atoms with Gasteiger partial charge >= 0.3 is 0 Å². The van der Waals surface area contributed by atoms with E-state index < -0.39 is 0 Å². The highest BCUT2D eigenvalue weighted by atomic mass is 14.7. The molecule has 0 spiro atoms. The third kappa shape index (κ3) is 5.89. The van der Waals surface area contributed by atoms with Crippen molar-refractivity contribution in [2.24, 2.45) is 5.92 Å². The van der Waals surface area contributed by atoms with Crippen LogP contribution in [-0.4, -0.2) is 4.98 Å². The van der Waals surface area contributed by atoms with Crippen LogP contribution in [0.4, 0.5) is 0 Å². The molecule has 1 unspecified atom stereocenters. The summed E-state index contributed by atoms with van der Waals surface area (Å²) >= 11 is 0. The largest absolute Gasteiger partial charge is 0.261 e. The number of hydrogen-bond acceptors (Lipinski definition) is 1. The van der Waals surface area contributed by atoms with E-state index in [9.17, 15) is 0 Å². The van der Waals surface area contributed by atoms with Crippen LogP contribution in [0.5, 0.6) is 0 Å². The average molecular weight is 223 g/mol. The molecular weight excluding hydrogens is 194 g/mol. The van der Waals surface area contributed by atoms with Gasteiger partial charge in [0.15, 0.2) is 0 Å². The number of hydrogen-bond donors (Lipinski definition) is 0. The van der Waals surface area contributed by atoms with Crippen molar-refractivity contribution in [2.75, 3.05) is 0 Å². The van der Waals surface area contributed by atoms with Gasteiger partial charge in [0.1, 0.15) is 0 Å². The van der Waals surface area contributed by atoms with Gasteiger partial charge in [-0.15, -0.1) is 0 Å². The van der Waals surface area contributed by atoms with Crippen molar-refractivity contribution >= 4 is 0 Å². The summed E-state index contributed by atoms with van der Waals surface area (Å²) in [5.41, 5.74) is 2.77. The second-order valence-electron chi connectivity index (χ2n) is 3.12. The van der Waals surface area contributed by atoms with Crippen LogP contribution in [0.2, 0.25) is 0 Å². The molecule has 0 radical (unpaired) electrons. The molecule has 0 N–H and O–H groups in total. The van der Waals surface area contributed by atoms with Gasteiger partial charge in [0.05, 0.1) is 0 Å². The predicted molar refractivity (Wildman–Crippen MR) is 74.9 cm³/mol. The molecule has 94 valence electrons. The van der Waals surface area contributed by atoms with E-state index in [1.807, 2.05) is 53.8 Å². The fourth-order valence-electron chi connectivity index (χ4n) is 1.62. The summed E-state index contributed by atoms with van der Waals surface area (Å²) in [7, 11) is 0. The van der Waals surface area contributed by atoms with Crippen LogP contribution < -0.4 is 0 Å². The Morgan fingerprint density at radius 1 is 1.00 bits per heavy atom. The second kappa shape index (κ2) is 12.2. The maximum Gasteiger partial charge on any atom is 0.0438 e. The van der Waals surface area contributed by atoms with Gasteiger partial charge in [-0.25, -0.2) is 0 Å². The Bertz CT molecular complexity index is 218. The number of rotatable bonds is 0. The number of fused-ring (bicyclic) bond motifs is 1. The van der Waals surface area contributed by atoms with Crippen molar-refractivity contribution in [1.29, 1.82) is 0 Å². The van der Waals surface area contributed by atoms with Crippen molar-refractivity contribution in [3.63, 3.8) is 0 Å². The van der Waals surface area contributed by atoms with Crippen LogP contribution in [0.25, 0.3) is 0 Å². The van der Waals surface area contributed by atoms with E-state index in [4.69, 9.17) is 0 Å². The van der Waals surface area contributed by atoms with E-state index in [1.165, 1.54) is 24.1 Å². The Morgan fingerprint density at radius 3 is 2.06 bits per heavy atom.